The normalized spacial score (nSPS) is 11.2. The van der Waals surface area contributed by atoms with Crippen molar-refractivity contribution in [2.75, 3.05) is 18.9 Å². The summed E-state index contributed by atoms with van der Waals surface area (Å²) >= 11 is 17.6. The molecule has 0 bridgehead atoms. The molecule has 1 N–H and O–H groups in total. The molecule has 0 unspecified atom stereocenters. The number of nitrogens with one attached hydrogen (secondary N) is 1. The van der Waals surface area contributed by atoms with E-state index >= 15 is 0 Å². The Balaban J connectivity index is 2.49. The molecule has 0 atom stereocenters. The smallest absolute Gasteiger partial charge is 0.264 e. The van der Waals surface area contributed by atoms with Crippen LogP contribution in [0.1, 0.15) is 0 Å². The lowest BCUT2D eigenvalue weighted by atomic mass is 10.4. The maximum Gasteiger partial charge on any atom is 0.264 e. The van der Waals surface area contributed by atoms with Crippen molar-refractivity contribution in [1.82, 2.24) is 9.97 Å². The van der Waals surface area contributed by atoms with Gasteiger partial charge in [-0.3, -0.25) is 4.72 Å². The number of benzene rings is 1. The van der Waals surface area contributed by atoms with Crippen LogP contribution in [0.4, 0.5) is 5.82 Å². The first kappa shape index (κ1) is 17.9. The molecule has 1 heterocycles. The SMILES string of the molecule is COc1nc(OC)c(NS(=O)(=O)c2cccc(Cl)c2Cl)nc1Cl. The molecular weight excluding hydrogens is 389 g/mol. The van der Waals surface area contributed by atoms with Gasteiger partial charge >= 0.3 is 0 Å². The Morgan fingerprint density at radius 1 is 1.04 bits per heavy atom. The van der Waals surface area contributed by atoms with E-state index in [-0.39, 0.29) is 37.7 Å². The number of rotatable bonds is 5. The predicted octanol–water partition coefficient (Wildman–Crippen LogP) is 3.25. The van der Waals surface area contributed by atoms with Crippen LogP contribution in [0.2, 0.25) is 15.2 Å². The second-order valence-corrected chi connectivity index (χ2v) is 6.83. The highest BCUT2D eigenvalue weighted by atomic mass is 35.5. The summed E-state index contributed by atoms with van der Waals surface area (Å²) in [4.78, 5) is 7.55. The molecule has 124 valence electrons. The van der Waals surface area contributed by atoms with E-state index < -0.39 is 10.0 Å². The molecule has 0 aliphatic carbocycles. The highest BCUT2D eigenvalue weighted by Gasteiger charge is 2.23. The van der Waals surface area contributed by atoms with E-state index in [1.807, 2.05) is 0 Å². The van der Waals surface area contributed by atoms with E-state index in [4.69, 9.17) is 44.3 Å². The van der Waals surface area contributed by atoms with Crippen LogP contribution in [0.15, 0.2) is 23.1 Å². The highest BCUT2D eigenvalue weighted by Crippen LogP contribution is 2.33. The van der Waals surface area contributed by atoms with Crippen LogP contribution in [0, 0.1) is 0 Å². The minimum Gasteiger partial charge on any atom is -0.479 e. The third-order valence-corrected chi connectivity index (χ3v) is 5.17. The van der Waals surface area contributed by atoms with Gasteiger partial charge in [0.2, 0.25) is 5.82 Å². The van der Waals surface area contributed by atoms with Gasteiger partial charge in [-0.05, 0) is 12.1 Å². The van der Waals surface area contributed by atoms with E-state index in [9.17, 15) is 8.42 Å². The summed E-state index contributed by atoms with van der Waals surface area (Å²) in [6.07, 6.45) is 0. The summed E-state index contributed by atoms with van der Waals surface area (Å²) in [7, 11) is -1.45. The van der Waals surface area contributed by atoms with Gasteiger partial charge in [0, 0.05) is 0 Å². The fourth-order valence-corrected chi connectivity index (χ4v) is 3.56. The van der Waals surface area contributed by atoms with E-state index in [1.165, 1.54) is 32.4 Å². The van der Waals surface area contributed by atoms with Crippen molar-refractivity contribution in [3.63, 3.8) is 0 Å². The first-order chi connectivity index (χ1) is 10.8. The average molecular weight is 399 g/mol. The van der Waals surface area contributed by atoms with Crippen molar-refractivity contribution in [3.05, 3.63) is 33.4 Å². The third-order valence-electron chi connectivity index (χ3n) is 2.62. The number of anilines is 1. The first-order valence-electron chi connectivity index (χ1n) is 5.92. The van der Waals surface area contributed by atoms with Crippen LogP contribution < -0.4 is 14.2 Å². The summed E-state index contributed by atoms with van der Waals surface area (Å²) in [6.45, 7) is 0. The number of sulfonamides is 1. The molecule has 0 aliphatic rings. The highest BCUT2D eigenvalue weighted by molar-refractivity contribution is 7.92. The zero-order valence-electron chi connectivity index (χ0n) is 11.8. The van der Waals surface area contributed by atoms with Gasteiger partial charge in [-0.1, -0.05) is 40.9 Å². The maximum absolute atomic E-state index is 12.5. The van der Waals surface area contributed by atoms with Crippen LogP contribution in [-0.4, -0.2) is 32.6 Å². The fourth-order valence-electron chi connectivity index (χ4n) is 1.60. The monoisotopic (exact) mass is 397 g/mol. The molecule has 0 amide bonds. The molecule has 23 heavy (non-hydrogen) atoms. The molecule has 0 radical (unpaired) electrons. The largest absolute Gasteiger partial charge is 0.479 e. The Morgan fingerprint density at radius 3 is 2.30 bits per heavy atom. The number of hydrogen-bond donors (Lipinski definition) is 1. The third kappa shape index (κ3) is 3.72. The molecule has 2 rings (SSSR count). The molecule has 0 saturated carbocycles. The lowest BCUT2D eigenvalue weighted by molar-refractivity contribution is 0.363. The van der Waals surface area contributed by atoms with Crippen molar-refractivity contribution < 1.29 is 17.9 Å². The average Bonchev–Trinajstić information content (AvgIpc) is 2.49. The summed E-state index contributed by atoms with van der Waals surface area (Å²) in [5.74, 6) is -0.338. The van der Waals surface area contributed by atoms with Crippen LogP contribution in [0.3, 0.4) is 0 Å². The number of nitrogens with zero attached hydrogens (tertiary/aromatic N) is 2. The van der Waals surface area contributed by atoms with Gasteiger partial charge in [0.25, 0.3) is 21.8 Å². The molecule has 0 aliphatic heterocycles. The standard InChI is InChI=1S/C12H10Cl3N3O4S/c1-21-11-9(15)16-10(12(17-11)22-2)18-23(19,20)7-5-3-4-6(13)8(7)14/h3-5H,1-2H3,(H,16,18). The van der Waals surface area contributed by atoms with Crippen molar-refractivity contribution in [2.24, 2.45) is 0 Å². The van der Waals surface area contributed by atoms with Gasteiger partial charge in [0.05, 0.1) is 24.3 Å². The summed E-state index contributed by atoms with van der Waals surface area (Å²) in [6, 6.07) is 4.21. The van der Waals surface area contributed by atoms with Gasteiger partial charge in [-0.2, -0.15) is 4.98 Å². The second kappa shape index (κ2) is 6.96. The summed E-state index contributed by atoms with van der Waals surface area (Å²) in [5, 5.41) is -0.156. The molecule has 1 aromatic carbocycles. The van der Waals surface area contributed by atoms with Crippen molar-refractivity contribution in [2.45, 2.75) is 4.90 Å². The number of methoxy groups -OCH3 is 2. The zero-order valence-corrected chi connectivity index (χ0v) is 14.9. The maximum atomic E-state index is 12.5. The van der Waals surface area contributed by atoms with Crippen LogP contribution >= 0.6 is 34.8 Å². The van der Waals surface area contributed by atoms with Crippen molar-refractivity contribution >= 4 is 50.6 Å². The van der Waals surface area contributed by atoms with E-state index in [0.717, 1.165) is 0 Å². The molecule has 0 saturated heterocycles. The van der Waals surface area contributed by atoms with E-state index in [0.29, 0.717) is 0 Å². The van der Waals surface area contributed by atoms with Gasteiger partial charge in [-0.25, -0.2) is 13.4 Å². The number of aromatic nitrogens is 2. The molecular formula is C12H10Cl3N3O4S. The lowest BCUT2D eigenvalue weighted by Gasteiger charge is -2.13. The molecule has 11 heteroatoms. The van der Waals surface area contributed by atoms with Crippen LogP contribution in [-0.2, 0) is 10.0 Å². The lowest BCUT2D eigenvalue weighted by Crippen LogP contribution is -2.16. The molecule has 0 fully saturated rings. The Kier molecular flexibility index (Phi) is 5.41. The van der Waals surface area contributed by atoms with Gasteiger partial charge in [0.1, 0.15) is 4.90 Å². The van der Waals surface area contributed by atoms with Crippen LogP contribution in [0.5, 0.6) is 11.8 Å². The van der Waals surface area contributed by atoms with Gasteiger partial charge in [-0.15, -0.1) is 0 Å². The molecule has 7 nitrogen and oxygen atoms in total. The van der Waals surface area contributed by atoms with Gasteiger partial charge < -0.3 is 9.47 Å². The minimum atomic E-state index is -4.08. The minimum absolute atomic E-state index is 0.00717. The zero-order chi connectivity index (χ0) is 17.2. The van der Waals surface area contributed by atoms with E-state index in [2.05, 4.69) is 14.7 Å². The Morgan fingerprint density at radius 2 is 1.70 bits per heavy atom. The Bertz CT molecular complexity index is 846. The second-order valence-electron chi connectivity index (χ2n) is 4.04. The Hall–Kier alpha value is -1.48. The number of hydrogen-bond acceptors (Lipinski definition) is 6. The number of halogens is 3. The van der Waals surface area contributed by atoms with Crippen molar-refractivity contribution in [1.29, 1.82) is 0 Å². The summed E-state index contributed by atoms with van der Waals surface area (Å²) in [5.41, 5.74) is 0. The number of ether oxygens (including phenoxy) is 2. The first-order valence-corrected chi connectivity index (χ1v) is 8.54. The van der Waals surface area contributed by atoms with Crippen molar-refractivity contribution in [3.8, 4) is 11.8 Å². The molecule has 2 aromatic rings. The molecule has 1 aromatic heterocycles. The predicted molar refractivity (Wildman–Crippen MR) is 87.4 cm³/mol. The molecule has 0 spiro atoms. The quantitative estimate of drug-likeness (QED) is 0.831. The topological polar surface area (TPSA) is 90.4 Å². The summed E-state index contributed by atoms with van der Waals surface area (Å²) < 4.78 is 37.0. The van der Waals surface area contributed by atoms with Gasteiger partial charge in [0.15, 0.2) is 5.15 Å². The van der Waals surface area contributed by atoms with Crippen LogP contribution in [0.25, 0.3) is 0 Å². The Labute approximate surface area is 147 Å². The van der Waals surface area contributed by atoms with E-state index in [1.54, 1.807) is 0 Å². The fraction of sp³-hybridized carbons (Fsp3) is 0.167.